The number of anilines is 1. The molecule has 0 aliphatic heterocycles. The van der Waals surface area contributed by atoms with Crippen LogP contribution in [-0.2, 0) is 13.0 Å². The van der Waals surface area contributed by atoms with Gasteiger partial charge in [0.2, 0.25) is 0 Å². The van der Waals surface area contributed by atoms with Gasteiger partial charge in [-0.3, -0.25) is 9.78 Å². The van der Waals surface area contributed by atoms with Crippen molar-refractivity contribution in [2.24, 2.45) is 0 Å². The fourth-order valence-corrected chi connectivity index (χ4v) is 1.52. The van der Waals surface area contributed by atoms with Crippen LogP contribution in [0.2, 0.25) is 0 Å². The van der Waals surface area contributed by atoms with E-state index in [9.17, 15) is 4.79 Å². The third-order valence-electron chi connectivity index (χ3n) is 2.52. The monoisotopic (exact) mass is 230 g/mol. The molecule has 0 aliphatic carbocycles. The summed E-state index contributed by atoms with van der Waals surface area (Å²) in [6, 6.07) is 5.42. The van der Waals surface area contributed by atoms with Crippen LogP contribution in [0.3, 0.4) is 0 Å². The second-order valence-corrected chi connectivity index (χ2v) is 3.66. The first-order valence-electron chi connectivity index (χ1n) is 5.43. The van der Waals surface area contributed by atoms with Gasteiger partial charge >= 0.3 is 0 Å². The van der Waals surface area contributed by atoms with Gasteiger partial charge in [0.05, 0.1) is 11.9 Å². The molecule has 2 rings (SSSR count). The minimum Gasteiger partial charge on any atom is -0.387 e. The molecule has 0 aliphatic rings. The molecule has 0 atom stereocenters. The van der Waals surface area contributed by atoms with Gasteiger partial charge in [-0.1, -0.05) is 0 Å². The van der Waals surface area contributed by atoms with Gasteiger partial charge in [-0.05, 0) is 24.1 Å². The topological polar surface area (TPSA) is 59.8 Å². The number of hydrogen-bond acceptors (Lipinski definition) is 4. The van der Waals surface area contributed by atoms with Crippen LogP contribution in [0.25, 0.3) is 0 Å². The van der Waals surface area contributed by atoms with Gasteiger partial charge in [0, 0.05) is 32.1 Å². The van der Waals surface area contributed by atoms with E-state index in [-0.39, 0.29) is 5.56 Å². The summed E-state index contributed by atoms with van der Waals surface area (Å²) in [6.45, 7) is 0.576. The maximum Gasteiger partial charge on any atom is 0.268 e. The van der Waals surface area contributed by atoms with E-state index in [2.05, 4.69) is 15.4 Å². The molecule has 0 unspecified atom stereocenters. The highest BCUT2D eigenvalue weighted by molar-refractivity contribution is 5.37. The molecule has 5 nitrogen and oxygen atoms in total. The molecule has 0 aromatic carbocycles. The normalized spacial score (nSPS) is 10.2. The van der Waals surface area contributed by atoms with Crippen molar-refractivity contribution >= 4 is 5.69 Å². The van der Waals surface area contributed by atoms with E-state index >= 15 is 0 Å². The van der Waals surface area contributed by atoms with E-state index in [1.54, 1.807) is 31.7 Å². The Bertz CT molecular complexity index is 536. The molecular weight excluding hydrogens is 216 g/mol. The Balaban J connectivity index is 2.07. The second kappa shape index (κ2) is 5.25. The number of hydrogen-bond donors (Lipinski definition) is 1. The Labute approximate surface area is 99.1 Å². The molecule has 0 amide bonds. The van der Waals surface area contributed by atoms with Crippen LogP contribution >= 0.6 is 0 Å². The summed E-state index contributed by atoms with van der Waals surface area (Å²) in [7, 11) is 1.76. The van der Waals surface area contributed by atoms with Gasteiger partial charge in [0.15, 0.2) is 0 Å². The summed E-state index contributed by atoms with van der Waals surface area (Å²) >= 11 is 0. The van der Waals surface area contributed by atoms with Gasteiger partial charge in [-0.15, -0.1) is 0 Å². The lowest BCUT2D eigenvalue weighted by atomic mass is 10.2. The largest absolute Gasteiger partial charge is 0.387 e. The molecule has 2 heterocycles. The predicted molar refractivity (Wildman–Crippen MR) is 66.0 cm³/mol. The molecule has 0 fully saturated rings. The van der Waals surface area contributed by atoms with Crippen LogP contribution in [0.1, 0.15) is 5.56 Å². The maximum absolute atomic E-state index is 11.7. The zero-order valence-corrected chi connectivity index (χ0v) is 9.63. The zero-order chi connectivity index (χ0) is 12.1. The van der Waals surface area contributed by atoms with Crippen molar-refractivity contribution in [1.29, 1.82) is 0 Å². The van der Waals surface area contributed by atoms with E-state index in [1.165, 1.54) is 4.68 Å². The maximum atomic E-state index is 11.7. The Morgan fingerprint density at radius 3 is 2.76 bits per heavy atom. The number of aryl methyl sites for hydroxylation is 2. The molecule has 0 saturated heterocycles. The third kappa shape index (κ3) is 2.90. The van der Waals surface area contributed by atoms with Gasteiger partial charge in [-0.25, -0.2) is 4.68 Å². The molecule has 17 heavy (non-hydrogen) atoms. The first-order chi connectivity index (χ1) is 8.29. The standard InChI is InChI=1S/C12H14N4O/c1-13-11-8-12(17)16(15-9-11)7-4-10-2-5-14-6-3-10/h2-3,5-6,8-9,13H,4,7H2,1H3. The van der Waals surface area contributed by atoms with Crippen molar-refractivity contribution in [1.82, 2.24) is 14.8 Å². The van der Waals surface area contributed by atoms with Crippen LogP contribution < -0.4 is 10.9 Å². The van der Waals surface area contributed by atoms with E-state index in [0.717, 1.165) is 17.7 Å². The van der Waals surface area contributed by atoms with Gasteiger partial charge in [-0.2, -0.15) is 5.10 Å². The molecule has 0 saturated carbocycles. The zero-order valence-electron chi connectivity index (χ0n) is 9.63. The van der Waals surface area contributed by atoms with E-state index in [0.29, 0.717) is 6.54 Å². The number of nitrogens with one attached hydrogen (secondary N) is 1. The second-order valence-electron chi connectivity index (χ2n) is 3.66. The van der Waals surface area contributed by atoms with Crippen LogP contribution in [0.5, 0.6) is 0 Å². The van der Waals surface area contributed by atoms with Gasteiger partial charge in [0.25, 0.3) is 5.56 Å². The SMILES string of the molecule is CNc1cnn(CCc2ccncc2)c(=O)c1. The first kappa shape index (κ1) is 11.3. The van der Waals surface area contributed by atoms with E-state index < -0.39 is 0 Å². The molecular formula is C12H14N4O. The van der Waals surface area contributed by atoms with Crippen molar-refractivity contribution in [3.8, 4) is 0 Å². The summed E-state index contributed by atoms with van der Waals surface area (Å²) in [5.74, 6) is 0. The third-order valence-corrected chi connectivity index (χ3v) is 2.52. The smallest absolute Gasteiger partial charge is 0.268 e. The van der Waals surface area contributed by atoms with Crippen molar-refractivity contribution in [3.63, 3.8) is 0 Å². The highest BCUT2D eigenvalue weighted by atomic mass is 16.1. The summed E-state index contributed by atoms with van der Waals surface area (Å²) in [4.78, 5) is 15.6. The Kier molecular flexibility index (Phi) is 3.49. The molecule has 2 aromatic heterocycles. The first-order valence-corrected chi connectivity index (χ1v) is 5.43. The highest BCUT2D eigenvalue weighted by Crippen LogP contribution is 2.00. The lowest BCUT2D eigenvalue weighted by Crippen LogP contribution is -2.23. The average molecular weight is 230 g/mol. The molecule has 0 spiro atoms. The van der Waals surface area contributed by atoms with Crippen molar-refractivity contribution < 1.29 is 0 Å². The fraction of sp³-hybridized carbons (Fsp3) is 0.250. The van der Waals surface area contributed by atoms with Gasteiger partial charge in [0.1, 0.15) is 0 Å². The lowest BCUT2D eigenvalue weighted by Gasteiger charge is -2.05. The number of aromatic nitrogens is 3. The molecule has 2 aromatic rings. The molecule has 0 radical (unpaired) electrons. The van der Waals surface area contributed by atoms with Crippen molar-refractivity contribution in [2.45, 2.75) is 13.0 Å². The summed E-state index contributed by atoms with van der Waals surface area (Å²) in [6.07, 6.45) is 5.91. The molecule has 88 valence electrons. The van der Waals surface area contributed by atoms with Crippen molar-refractivity contribution in [3.05, 3.63) is 52.7 Å². The van der Waals surface area contributed by atoms with Crippen LogP contribution in [0.4, 0.5) is 5.69 Å². The fourth-order valence-electron chi connectivity index (χ4n) is 1.52. The minimum absolute atomic E-state index is 0.0918. The quantitative estimate of drug-likeness (QED) is 0.848. The number of rotatable bonds is 4. The predicted octanol–water partition coefficient (Wildman–Crippen LogP) is 0.923. The van der Waals surface area contributed by atoms with Gasteiger partial charge < -0.3 is 5.32 Å². The minimum atomic E-state index is -0.0918. The number of nitrogens with zero attached hydrogens (tertiary/aromatic N) is 3. The highest BCUT2D eigenvalue weighted by Gasteiger charge is 1.99. The summed E-state index contributed by atoms with van der Waals surface area (Å²) in [5.41, 5.74) is 1.78. The summed E-state index contributed by atoms with van der Waals surface area (Å²) < 4.78 is 1.46. The van der Waals surface area contributed by atoms with Crippen LogP contribution in [0, 0.1) is 0 Å². The molecule has 1 N–H and O–H groups in total. The van der Waals surface area contributed by atoms with E-state index in [1.807, 2.05) is 12.1 Å². The van der Waals surface area contributed by atoms with Crippen LogP contribution in [-0.4, -0.2) is 21.8 Å². The number of pyridine rings is 1. The Morgan fingerprint density at radius 1 is 1.35 bits per heavy atom. The molecule has 0 bridgehead atoms. The van der Waals surface area contributed by atoms with E-state index in [4.69, 9.17) is 0 Å². The van der Waals surface area contributed by atoms with Crippen molar-refractivity contribution in [2.75, 3.05) is 12.4 Å². The van der Waals surface area contributed by atoms with Crippen LogP contribution in [0.15, 0.2) is 41.6 Å². The molecule has 5 heteroatoms. The Hall–Kier alpha value is -2.17. The lowest BCUT2D eigenvalue weighted by molar-refractivity contribution is 0.578. The average Bonchev–Trinajstić information content (AvgIpc) is 2.38. The summed E-state index contributed by atoms with van der Waals surface area (Å²) in [5, 5.41) is 6.97. The Morgan fingerprint density at radius 2 is 2.12 bits per heavy atom.